The molecule has 0 heterocycles. The van der Waals surface area contributed by atoms with E-state index < -0.39 is 6.10 Å². The number of halogens is 1. The van der Waals surface area contributed by atoms with Crippen LogP contribution in [0.5, 0.6) is 0 Å². The van der Waals surface area contributed by atoms with E-state index in [4.69, 9.17) is 10.2 Å². The van der Waals surface area contributed by atoms with Gasteiger partial charge in [0, 0.05) is 13.1 Å². The molecule has 0 aliphatic heterocycles. The van der Waals surface area contributed by atoms with Crippen LogP contribution in [0, 0.1) is 12.7 Å². The highest BCUT2D eigenvalue weighted by Crippen LogP contribution is 2.08. The van der Waals surface area contributed by atoms with Crippen LogP contribution in [-0.2, 0) is 6.54 Å². The smallest absolute Gasteiger partial charge is 0.126 e. The Morgan fingerprint density at radius 2 is 2.20 bits per heavy atom. The van der Waals surface area contributed by atoms with Gasteiger partial charge in [-0.3, -0.25) is 0 Å². The highest BCUT2D eigenvalue weighted by atomic mass is 19.1. The van der Waals surface area contributed by atoms with Crippen molar-refractivity contribution in [2.45, 2.75) is 19.6 Å². The summed E-state index contributed by atoms with van der Waals surface area (Å²) >= 11 is 0. The molecule has 0 radical (unpaired) electrons. The van der Waals surface area contributed by atoms with Gasteiger partial charge in [-0.2, -0.15) is 0 Å². The number of aliphatic hydroxyl groups is 2. The Morgan fingerprint density at radius 1 is 1.47 bits per heavy atom. The molecule has 0 saturated heterocycles. The number of hydrogen-bond donors (Lipinski definition) is 3. The van der Waals surface area contributed by atoms with Crippen molar-refractivity contribution in [3.63, 3.8) is 0 Å². The molecule has 1 atom stereocenters. The number of nitrogens with one attached hydrogen (secondary N) is 1. The molecule has 1 rings (SSSR count). The third kappa shape index (κ3) is 3.95. The number of rotatable bonds is 5. The molecule has 0 saturated carbocycles. The van der Waals surface area contributed by atoms with Crippen molar-refractivity contribution < 1.29 is 14.6 Å². The average Bonchev–Trinajstić information content (AvgIpc) is 2.23. The average molecular weight is 213 g/mol. The molecule has 0 spiro atoms. The molecule has 0 aromatic heterocycles. The highest BCUT2D eigenvalue weighted by Gasteiger charge is 2.02. The predicted octanol–water partition coefficient (Wildman–Crippen LogP) is 0.577. The summed E-state index contributed by atoms with van der Waals surface area (Å²) in [7, 11) is 0. The Labute approximate surface area is 88.6 Å². The summed E-state index contributed by atoms with van der Waals surface area (Å²) in [5.41, 5.74) is 1.57. The molecule has 1 aromatic rings. The second kappa shape index (κ2) is 5.80. The molecule has 3 nitrogen and oxygen atoms in total. The van der Waals surface area contributed by atoms with Crippen LogP contribution in [0.15, 0.2) is 18.2 Å². The van der Waals surface area contributed by atoms with Crippen molar-refractivity contribution in [1.82, 2.24) is 5.32 Å². The predicted molar refractivity (Wildman–Crippen MR) is 55.9 cm³/mol. The molecule has 0 aliphatic rings. The van der Waals surface area contributed by atoms with Crippen LogP contribution in [0.3, 0.4) is 0 Å². The minimum absolute atomic E-state index is 0.214. The zero-order chi connectivity index (χ0) is 11.3. The fraction of sp³-hybridized carbons (Fsp3) is 0.455. The lowest BCUT2D eigenvalue weighted by Gasteiger charge is -2.09. The SMILES string of the molecule is Cc1cc(CNCC(O)CO)ccc1F. The summed E-state index contributed by atoms with van der Waals surface area (Å²) in [4.78, 5) is 0. The van der Waals surface area contributed by atoms with Crippen molar-refractivity contribution in [3.8, 4) is 0 Å². The zero-order valence-corrected chi connectivity index (χ0v) is 8.70. The number of hydrogen-bond acceptors (Lipinski definition) is 3. The molecule has 84 valence electrons. The number of aryl methyl sites for hydroxylation is 1. The largest absolute Gasteiger partial charge is 0.394 e. The standard InChI is InChI=1S/C11H16FNO2/c1-8-4-9(2-3-11(8)12)5-13-6-10(15)7-14/h2-4,10,13-15H,5-7H2,1H3. The molecule has 1 unspecified atom stereocenters. The first-order valence-corrected chi connectivity index (χ1v) is 4.88. The van der Waals surface area contributed by atoms with E-state index in [0.717, 1.165) is 5.56 Å². The summed E-state index contributed by atoms with van der Waals surface area (Å²) in [6.45, 7) is 2.34. The Kier molecular flexibility index (Phi) is 4.68. The first-order valence-electron chi connectivity index (χ1n) is 4.88. The molecule has 0 bridgehead atoms. The lowest BCUT2D eigenvalue weighted by molar-refractivity contribution is 0.0942. The third-order valence-electron chi connectivity index (χ3n) is 2.14. The van der Waals surface area contributed by atoms with Crippen molar-refractivity contribution in [2.24, 2.45) is 0 Å². The lowest BCUT2D eigenvalue weighted by Crippen LogP contribution is -2.28. The molecular formula is C11H16FNO2. The van der Waals surface area contributed by atoms with Crippen LogP contribution in [0.1, 0.15) is 11.1 Å². The summed E-state index contributed by atoms with van der Waals surface area (Å²) in [6.07, 6.45) is -0.744. The minimum Gasteiger partial charge on any atom is -0.394 e. The maximum atomic E-state index is 12.9. The molecular weight excluding hydrogens is 197 g/mol. The van der Waals surface area contributed by atoms with Crippen LogP contribution < -0.4 is 5.32 Å². The topological polar surface area (TPSA) is 52.5 Å². The summed E-state index contributed by atoms with van der Waals surface area (Å²) < 4.78 is 12.9. The van der Waals surface area contributed by atoms with E-state index in [-0.39, 0.29) is 12.4 Å². The Balaban J connectivity index is 2.41. The van der Waals surface area contributed by atoms with Gasteiger partial charge in [0.15, 0.2) is 0 Å². The first-order chi connectivity index (χ1) is 7.13. The Hall–Kier alpha value is -0.970. The summed E-state index contributed by atoms with van der Waals surface area (Å²) in [6, 6.07) is 4.88. The van der Waals surface area contributed by atoms with Crippen LogP contribution in [0.2, 0.25) is 0 Å². The van der Waals surface area contributed by atoms with E-state index in [1.54, 1.807) is 19.1 Å². The Morgan fingerprint density at radius 3 is 2.80 bits per heavy atom. The first kappa shape index (κ1) is 12.1. The maximum Gasteiger partial charge on any atom is 0.126 e. The second-order valence-electron chi connectivity index (χ2n) is 3.55. The fourth-order valence-electron chi connectivity index (χ4n) is 1.26. The van der Waals surface area contributed by atoms with Gasteiger partial charge in [0.1, 0.15) is 5.82 Å². The molecule has 4 heteroatoms. The third-order valence-corrected chi connectivity index (χ3v) is 2.14. The lowest BCUT2D eigenvalue weighted by atomic mass is 10.1. The van der Waals surface area contributed by atoms with E-state index in [1.807, 2.05) is 0 Å². The molecule has 3 N–H and O–H groups in total. The van der Waals surface area contributed by atoms with Crippen molar-refractivity contribution in [1.29, 1.82) is 0 Å². The van der Waals surface area contributed by atoms with Crippen molar-refractivity contribution in [3.05, 3.63) is 35.1 Å². The van der Waals surface area contributed by atoms with Crippen molar-refractivity contribution >= 4 is 0 Å². The Bertz CT molecular complexity index is 317. The molecule has 0 fully saturated rings. The monoisotopic (exact) mass is 213 g/mol. The van der Waals surface area contributed by atoms with Gasteiger partial charge >= 0.3 is 0 Å². The van der Waals surface area contributed by atoms with Gasteiger partial charge < -0.3 is 15.5 Å². The highest BCUT2D eigenvalue weighted by molar-refractivity contribution is 5.23. The molecule has 0 aliphatic carbocycles. The zero-order valence-electron chi connectivity index (χ0n) is 8.70. The van der Waals surface area contributed by atoms with E-state index in [2.05, 4.69) is 5.32 Å². The van der Waals surface area contributed by atoms with Gasteiger partial charge in [-0.1, -0.05) is 12.1 Å². The van der Waals surface area contributed by atoms with Gasteiger partial charge in [0.2, 0.25) is 0 Å². The van der Waals surface area contributed by atoms with Crippen LogP contribution in [0.25, 0.3) is 0 Å². The van der Waals surface area contributed by atoms with Crippen LogP contribution in [0.4, 0.5) is 4.39 Å². The van der Waals surface area contributed by atoms with Crippen LogP contribution >= 0.6 is 0 Å². The molecule has 15 heavy (non-hydrogen) atoms. The van der Waals surface area contributed by atoms with Crippen LogP contribution in [-0.4, -0.2) is 29.5 Å². The number of aliphatic hydroxyl groups excluding tert-OH is 2. The van der Waals surface area contributed by atoms with Gasteiger partial charge in [-0.25, -0.2) is 4.39 Å². The molecule has 0 amide bonds. The van der Waals surface area contributed by atoms with Crippen molar-refractivity contribution in [2.75, 3.05) is 13.2 Å². The van der Waals surface area contributed by atoms with E-state index in [1.165, 1.54) is 6.07 Å². The van der Waals surface area contributed by atoms with E-state index in [0.29, 0.717) is 18.7 Å². The fourth-order valence-corrected chi connectivity index (χ4v) is 1.26. The molecule has 1 aromatic carbocycles. The summed E-state index contributed by atoms with van der Waals surface area (Å²) in [5, 5.41) is 20.6. The van der Waals surface area contributed by atoms with Gasteiger partial charge in [-0.15, -0.1) is 0 Å². The van der Waals surface area contributed by atoms with Gasteiger partial charge in [0.25, 0.3) is 0 Å². The van der Waals surface area contributed by atoms with E-state index in [9.17, 15) is 4.39 Å². The minimum atomic E-state index is -0.744. The quantitative estimate of drug-likeness (QED) is 0.670. The van der Waals surface area contributed by atoms with E-state index >= 15 is 0 Å². The van der Waals surface area contributed by atoms with Gasteiger partial charge in [0.05, 0.1) is 12.7 Å². The maximum absolute atomic E-state index is 12.9. The normalized spacial score (nSPS) is 12.8. The second-order valence-corrected chi connectivity index (χ2v) is 3.55. The van der Waals surface area contributed by atoms with Gasteiger partial charge in [-0.05, 0) is 24.1 Å². The number of benzene rings is 1. The summed E-state index contributed by atoms with van der Waals surface area (Å²) in [5.74, 6) is -0.214.